The third kappa shape index (κ3) is 3.69. The zero-order chi connectivity index (χ0) is 12.8. The lowest BCUT2D eigenvalue weighted by atomic mass is 10.2. The van der Waals surface area contributed by atoms with Crippen LogP contribution in [0.25, 0.3) is 0 Å². The minimum Gasteiger partial charge on any atom is -0.463 e. The highest BCUT2D eigenvalue weighted by molar-refractivity contribution is 5.20. The van der Waals surface area contributed by atoms with Crippen molar-refractivity contribution in [2.45, 2.75) is 32.3 Å². The average Bonchev–Trinajstić information content (AvgIpc) is 2.37. The molecular weight excluding hydrogens is 236 g/mol. The highest BCUT2D eigenvalue weighted by Gasteiger charge is 2.17. The molecule has 1 aromatic rings. The topological polar surface area (TPSA) is 92.4 Å². The van der Waals surface area contributed by atoms with Crippen LogP contribution in [-0.2, 0) is 4.74 Å². The minimum atomic E-state index is 0.0691. The molecule has 1 aliphatic heterocycles. The van der Waals surface area contributed by atoms with Gasteiger partial charge in [0.25, 0.3) is 0 Å². The van der Waals surface area contributed by atoms with E-state index in [-0.39, 0.29) is 24.1 Å². The maximum absolute atomic E-state index is 5.65. The fraction of sp³-hybridized carbons (Fsp3) is 0.727. The van der Waals surface area contributed by atoms with E-state index in [1.54, 1.807) is 0 Å². The molecule has 0 aromatic carbocycles. The van der Waals surface area contributed by atoms with Gasteiger partial charge in [-0.2, -0.15) is 9.97 Å². The number of hydrogen-bond acceptors (Lipinski definition) is 7. The summed E-state index contributed by atoms with van der Waals surface area (Å²) in [5.74, 6) is 0.109. The number of rotatable bonds is 5. The zero-order valence-corrected chi connectivity index (χ0v) is 10.5. The fourth-order valence-electron chi connectivity index (χ4n) is 1.61. The second-order valence-corrected chi connectivity index (χ2v) is 4.04. The van der Waals surface area contributed by atoms with Crippen molar-refractivity contribution in [2.75, 3.05) is 25.6 Å². The summed E-state index contributed by atoms with van der Waals surface area (Å²) in [7, 11) is 0. The Labute approximate surface area is 106 Å². The molecule has 0 bridgehead atoms. The Hall–Kier alpha value is -1.63. The summed E-state index contributed by atoms with van der Waals surface area (Å²) >= 11 is 0. The van der Waals surface area contributed by atoms with E-state index >= 15 is 0 Å². The number of hydrogen-bond donors (Lipinski definition) is 1. The maximum atomic E-state index is 5.65. The molecule has 1 aliphatic rings. The van der Waals surface area contributed by atoms with E-state index in [0.717, 1.165) is 19.3 Å². The minimum absolute atomic E-state index is 0.0691. The van der Waals surface area contributed by atoms with Gasteiger partial charge in [0.2, 0.25) is 5.95 Å². The summed E-state index contributed by atoms with van der Waals surface area (Å²) in [6.07, 6.45) is 2.61. The molecule has 2 heterocycles. The Kier molecular flexibility index (Phi) is 4.52. The van der Waals surface area contributed by atoms with Gasteiger partial charge in [0.05, 0.1) is 19.8 Å². The van der Waals surface area contributed by atoms with Gasteiger partial charge in [0, 0.05) is 12.8 Å². The van der Waals surface area contributed by atoms with Crippen molar-refractivity contribution in [1.82, 2.24) is 15.0 Å². The molecule has 2 rings (SSSR count). The molecule has 1 aromatic heterocycles. The van der Waals surface area contributed by atoms with E-state index in [2.05, 4.69) is 15.0 Å². The van der Waals surface area contributed by atoms with E-state index in [1.807, 2.05) is 6.92 Å². The number of nitrogens with zero attached hydrogens (tertiary/aromatic N) is 3. The predicted molar refractivity (Wildman–Crippen MR) is 64.5 cm³/mol. The second-order valence-electron chi connectivity index (χ2n) is 4.04. The molecule has 1 saturated heterocycles. The van der Waals surface area contributed by atoms with Crippen molar-refractivity contribution < 1.29 is 14.2 Å². The van der Waals surface area contributed by atoms with Crippen molar-refractivity contribution in [1.29, 1.82) is 0 Å². The van der Waals surface area contributed by atoms with Crippen LogP contribution >= 0.6 is 0 Å². The second kappa shape index (κ2) is 6.34. The lowest BCUT2D eigenvalue weighted by Gasteiger charge is -2.22. The third-order valence-corrected chi connectivity index (χ3v) is 2.49. The summed E-state index contributed by atoms with van der Waals surface area (Å²) in [5, 5.41) is 0. The van der Waals surface area contributed by atoms with Crippen molar-refractivity contribution in [3.05, 3.63) is 0 Å². The first-order valence-corrected chi connectivity index (χ1v) is 6.16. The first kappa shape index (κ1) is 12.8. The van der Waals surface area contributed by atoms with E-state index < -0.39 is 0 Å². The van der Waals surface area contributed by atoms with E-state index in [4.69, 9.17) is 19.9 Å². The molecule has 18 heavy (non-hydrogen) atoms. The normalized spacial score (nSPS) is 16.5. The van der Waals surface area contributed by atoms with Crippen LogP contribution in [-0.4, -0.2) is 40.9 Å². The van der Waals surface area contributed by atoms with E-state index in [9.17, 15) is 0 Å². The molecule has 0 saturated carbocycles. The molecular formula is C11H18N4O3. The molecule has 0 atom stereocenters. The lowest BCUT2D eigenvalue weighted by Crippen LogP contribution is -2.26. The van der Waals surface area contributed by atoms with Crippen LogP contribution in [0.1, 0.15) is 26.2 Å². The van der Waals surface area contributed by atoms with Crippen molar-refractivity contribution in [3.63, 3.8) is 0 Å². The summed E-state index contributed by atoms with van der Waals surface area (Å²) in [6.45, 7) is 3.94. The van der Waals surface area contributed by atoms with Crippen molar-refractivity contribution >= 4 is 5.95 Å². The molecule has 0 radical (unpaired) electrons. The van der Waals surface area contributed by atoms with Crippen LogP contribution in [0.5, 0.6) is 12.0 Å². The van der Waals surface area contributed by atoms with Crippen LogP contribution in [0, 0.1) is 0 Å². The van der Waals surface area contributed by atoms with Crippen LogP contribution < -0.4 is 15.2 Å². The molecule has 0 spiro atoms. The number of anilines is 1. The number of ether oxygens (including phenoxy) is 3. The molecule has 7 nitrogen and oxygen atoms in total. The SMILES string of the molecule is CCCOc1nc(N)nc(OC2CCOCC2)n1. The number of nitrogens with two attached hydrogens (primary N) is 1. The molecule has 0 amide bonds. The third-order valence-electron chi connectivity index (χ3n) is 2.49. The fourth-order valence-corrected chi connectivity index (χ4v) is 1.61. The predicted octanol–water partition coefficient (Wildman–Crippen LogP) is 0.800. The molecule has 7 heteroatoms. The Morgan fingerprint density at radius 3 is 2.67 bits per heavy atom. The monoisotopic (exact) mass is 254 g/mol. The van der Waals surface area contributed by atoms with Gasteiger partial charge in [-0.25, -0.2) is 0 Å². The quantitative estimate of drug-likeness (QED) is 0.830. The van der Waals surface area contributed by atoms with Crippen LogP contribution in [0.15, 0.2) is 0 Å². The smallest absolute Gasteiger partial charge is 0.324 e. The van der Waals surface area contributed by atoms with Crippen molar-refractivity contribution in [3.8, 4) is 12.0 Å². The van der Waals surface area contributed by atoms with Gasteiger partial charge in [-0.15, -0.1) is 4.98 Å². The van der Waals surface area contributed by atoms with Gasteiger partial charge in [0.15, 0.2) is 0 Å². The Morgan fingerprint density at radius 1 is 1.22 bits per heavy atom. The zero-order valence-electron chi connectivity index (χ0n) is 10.5. The summed E-state index contributed by atoms with van der Waals surface area (Å²) in [4.78, 5) is 11.9. The molecule has 0 aliphatic carbocycles. The molecule has 0 unspecified atom stereocenters. The Balaban J connectivity index is 1.99. The first-order valence-electron chi connectivity index (χ1n) is 6.16. The Morgan fingerprint density at radius 2 is 1.94 bits per heavy atom. The standard InChI is InChI=1S/C11H18N4O3/c1-2-5-17-10-13-9(12)14-11(15-10)18-8-3-6-16-7-4-8/h8H,2-7H2,1H3,(H2,12,13,14,15). The maximum Gasteiger partial charge on any atom is 0.324 e. The van der Waals surface area contributed by atoms with Gasteiger partial charge in [0.1, 0.15) is 6.10 Å². The van der Waals surface area contributed by atoms with E-state index in [0.29, 0.717) is 19.8 Å². The highest BCUT2D eigenvalue weighted by Crippen LogP contribution is 2.16. The summed E-state index contributed by atoms with van der Waals surface area (Å²) in [6, 6.07) is 0.437. The van der Waals surface area contributed by atoms with E-state index in [1.165, 1.54) is 0 Å². The Bertz CT molecular complexity index is 383. The largest absolute Gasteiger partial charge is 0.463 e. The van der Waals surface area contributed by atoms with Gasteiger partial charge < -0.3 is 19.9 Å². The van der Waals surface area contributed by atoms with Crippen LogP contribution in [0.4, 0.5) is 5.95 Å². The number of nitrogen functional groups attached to an aromatic ring is 1. The van der Waals surface area contributed by atoms with Crippen LogP contribution in [0.3, 0.4) is 0 Å². The summed E-state index contributed by atoms with van der Waals surface area (Å²) < 4.78 is 16.2. The molecule has 100 valence electrons. The molecule has 2 N–H and O–H groups in total. The first-order chi connectivity index (χ1) is 8.78. The van der Waals surface area contributed by atoms with Gasteiger partial charge in [-0.1, -0.05) is 6.92 Å². The van der Waals surface area contributed by atoms with Gasteiger partial charge in [-0.3, -0.25) is 0 Å². The van der Waals surface area contributed by atoms with Gasteiger partial charge in [-0.05, 0) is 6.42 Å². The summed E-state index contributed by atoms with van der Waals surface area (Å²) in [5.41, 5.74) is 5.59. The molecule has 1 fully saturated rings. The average molecular weight is 254 g/mol. The van der Waals surface area contributed by atoms with Crippen molar-refractivity contribution in [2.24, 2.45) is 0 Å². The highest BCUT2D eigenvalue weighted by atomic mass is 16.5. The van der Waals surface area contributed by atoms with Crippen LogP contribution in [0.2, 0.25) is 0 Å². The van der Waals surface area contributed by atoms with Gasteiger partial charge >= 0.3 is 12.0 Å². The number of aromatic nitrogens is 3. The lowest BCUT2D eigenvalue weighted by molar-refractivity contribution is 0.0213.